The van der Waals surface area contributed by atoms with E-state index in [9.17, 15) is 0 Å². The fourth-order valence-electron chi connectivity index (χ4n) is 1.57. The topological polar surface area (TPSA) is 83.2 Å². The second-order valence-electron chi connectivity index (χ2n) is 3.57. The van der Waals surface area contributed by atoms with Crippen molar-refractivity contribution >= 4 is 17.7 Å². The first-order valence-electron chi connectivity index (χ1n) is 5.46. The van der Waals surface area contributed by atoms with Gasteiger partial charge in [-0.05, 0) is 24.5 Å². The van der Waals surface area contributed by atoms with E-state index in [0.717, 1.165) is 0 Å². The molecule has 7 heteroatoms. The van der Waals surface area contributed by atoms with Crippen LogP contribution in [0.3, 0.4) is 0 Å². The number of nitrogens with zero attached hydrogens (tertiary/aromatic N) is 3. The van der Waals surface area contributed by atoms with Crippen molar-refractivity contribution in [3.63, 3.8) is 0 Å². The molecule has 6 nitrogen and oxygen atoms in total. The monoisotopic (exact) mass is 278 g/mol. The Morgan fingerprint density at radius 2 is 1.89 bits per heavy atom. The zero-order chi connectivity index (χ0) is 13.8. The minimum atomic E-state index is 0.180. The van der Waals surface area contributed by atoms with Gasteiger partial charge in [-0.2, -0.15) is 9.97 Å². The van der Waals surface area contributed by atoms with Crippen LogP contribution in [0.4, 0.5) is 5.95 Å². The summed E-state index contributed by atoms with van der Waals surface area (Å²) in [5.74, 6) is 1.99. The fraction of sp³-hybridized carbons (Fsp3) is 0.250. The average Bonchev–Trinajstić information content (AvgIpc) is 2.45. The molecule has 0 radical (unpaired) electrons. The highest BCUT2D eigenvalue weighted by Crippen LogP contribution is 2.32. The van der Waals surface area contributed by atoms with E-state index < -0.39 is 0 Å². The highest BCUT2D eigenvalue weighted by Gasteiger charge is 2.13. The molecule has 1 heterocycles. The minimum absolute atomic E-state index is 0.180. The van der Waals surface area contributed by atoms with E-state index in [2.05, 4.69) is 15.0 Å². The van der Waals surface area contributed by atoms with Crippen LogP contribution in [0.2, 0.25) is 0 Å². The van der Waals surface area contributed by atoms with Gasteiger partial charge in [0.2, 0.25) is 5.95 Å². The minimum Gasteiger partial charge on any atom is -0.497 e. The molecule has 0 spiro atoms. The van der Waals surface area contributed by atoms with Crippen molar-refractivity contribution in [1.82, 2.24) is 15.0 Å². The molecule has 2 rings (SSSR count). The molecule has 0 fully saturated rings. The van der Waals surface area contributed by atoms with Crippen LogP contribution in [0.5, 0.6) is 11.5 Å². The number of rotatable bonds is 4. The third-order valence-electron chi connectivity index (χ3n) is 2.46. The highest BCUT2D eigenvalue weighted by molar-refractivity contribution is 7.98. The average molecular weight is 278 g/mol. The molecule has 100 valence electrons. The van der Waals surface area contributed by atoms with Gasteiger partial charge in [0.15, 0.2) is 11.0 Å². The molecule has 0 atom stereocenters. The molecule has 0 aliphatic carbocycles. The van der Waals surface area contributed by atoms with Crippen LogP contribution in [-0.2, 0) is 0 Å². The lowest BCUT2D eigenvalue weighted by atomic mass is 10.1. The maximum absolute atomic E-state index is 5.69. The Labute approximate surface area is 115 Å². The molecule has 0 aliphatic rings. The molecular formula is C12H14N4O2S. The second kappa shape index (κ2) is 5.75. The van der Waals surface area contributed by atoms with Crippen molar-refractivity contribution < 1.29 is 9.47 Å². The van der Waals surface area contributed by atoms with Gasteiger partial charge in [-0.25, -0.2) is 4.98 Å². The number of methoxy groups -OCH3 is 2. The number of hydrogen-bond acceptors (Lipinski definition) is 7. The third-order valence-corrected chi connectivity index (χ3v) is 3.01. The lowest BCUT2D eigenvalue weighted by Crippen LogP contribution is -2.02. The molecule has 0 unspecified atom stereocenters. The Morgan fingerprint density at radius 1 is 1.11 bits per heavy atom. The van der Waals surface area contributed by atoms with Gasteiger partial charge in [0.25, 0.3) is 0 Å². The van der Waals surface area contributed by atoms with Crippen LogP contribution in [0.25, 0.3) is 11.4 Å². The van der Waals surface area contributed by atoms with Gasteiger partial charge >= 0.3 is 0 Å². The second-order valence-corrected chi connectivity index (χ2v) is 4.34. The van der Waals surface area contributed by atoms with Crippen molar-refractivity contribution in [2.75, 3.05) is 26.2 Å². The van der Waals surface area contributed by atoms with Crippen molar-refractivity contribution in [3.05, 3.63) is 18.2 Å². The molecular weight excluding hydrogens is 264 g/mol. The van der Waals surface area contributed by atoms with Gasteiger partial charge in [0.1, 0.15) is 11.5 Å². The summed E-state index contributed by atoms with van der Waals surface area (Å²) < 4.78 is 10.5. The summed E-state index contributed by atoms with van der Waals surface area (Å²) in [6, 6.07) is 5.41. The van der Waals surface area contributed by atoms with E-state index in [1.54, 1.807) is 26.4 Å². The molecule has 2 aromatic rings. The van der Waals surface area contributed by atoms with Gasteiger partial charge < -0.3 is 15.2 Å². The zero-order valence-corrected chi connectivity index (χ0v) is 11.7. The van der Waals surface area contributed by atoms with Gasteiger partial charge in [0.05, 0.1) is 19.8 Å². The number of ether oxygens (including phenoxy) is 2. The summed E-state index contributed by atoms with van der Waals surface area (Å²) in [4.78, 5) is 12.5. The predicted octanol–water partition coefficient (Wildman–Crippen LogP) is 1.86. The molecule has 0 bridgehead atoms. The Bertz CT molecular complexity index is 592. The van der Waals surface area contributed by atoms with Gasteiger partial charge in [-0.3, -0.25) is 0 Å². The third kappa shape index (κ3) is 2.87. The predicted molar refractivity (Wildman–Crippen MR) is 74.6 cm³/mol. The van der Waals surface area contributed by atoms with Crippen LogP contribution >= 0.6 is 11.8 Å². The highest BCUT2D eigenvalue weighted by atomic mass is 32.2. The maximum atomic E-state index is 5.69. The zero-order valence-electron chi connectivity index (χ0n) is 10.9. The number of nitrogens with two attached hydrogens (primary N) is 1. The molecule has 0 aliphatic heterocycles. The molecule has 0 saturated heterocycles. The Kier molecular flexibility index (Phi) is 4.06. The lowest BCUT2D eigenvalue weighted by molar-refractivity contribution is 0.404. The van der Waals surface area contributed by atoms with E-state index >= 15 is 0 Å². The Hall–Kier alpha value is -2.02. The number of anilines is 1. The van der Waals surface area contributed by atoms with Crippen LogP contribution < -0.4 is 15.2 Å². The molecule has 1 aromatic carbocycles. The number of benzene rings is 1. The Morgan fingerprint density at radius 3 is 2.53 bits per heavy atom. The molecule has 0 amide bonds. The fourth-order valence-corrected chi connectivity index (χ4v) is 1.94. The van der Waals surface area contributed by atoms with E-state index in [4.69, 9.17) is 15.2 Å². The number of hydrogen-bond donors (Lipinski definition) is 1. The standard InChI is InChI=1S/C12H14N4O2S/c1-17-7-4-5-9(18-2)8(6-7)10-14-11(13)16-12(15-10)19-3/h4-6H,1-3H3,(H2,13,14,15,16). The first-order valence-corrected chi connectivity index (χ1v) is 6.68. The number of nitrogen functional groups attached to an aromatic ring is 1. The first kappa shape index (κ1) is 13.4. The van der Waals surface area contributed by atoms with E-state index in [1.165, 1.54) is 11.8 Å². The SMILES string of the molecule is COc1ccc(OC)c(-c2nc(N)nc(SC)n2)c1. The summed E-state index contributed by atoms with van der Waals surface area (Å²) in [5.41, 5.74) is 6.40. The number of aromatic nitrogens is 3. The van der Waals surface area contributed by atoms with Crippen molar-refractivity contribution in [3.8, 4) is 22.9 Å². The lowest BCUT2D eigenvalue weighted by Gasteiger charge is -2.10. The summed E-state index contributed by atoms with van der Waals surface area (Å²) in [6.07, 6.45) is 1.88. The molecule has 0 saturated carbocycles. The van der Waals surface area contributed by atoms with Crippen molar-refractivity contribution in [1.29, 1.82) is 0 Å². The Balaban J connectivity index is 2.59. The van der Waals surface area contributed by atoms with Crippen LogP contribution in [0, 0.1) is 0 Å². The van der Waals surface area contributed by atoms with Crippen molar-refractivity contribution in [2.45, 2.75) is 5.16 Å². The molecule has 2 N–H and O–H groups in total. The molecule has 1 aromatic heterocycles. The summed E-state index contributed by atoms with van der Waals surface area (Å²) in [5, 5.41) is 0.562. The first-order chi connectivity index (χ1) is 9.17. The smallest absolute Gasteiger partial charge is 0.224 e. The van der Waals surface area contributed by atoms with Crippen molar-refractivity contribution in [2.24, 2.45) is 0 Å². The largest absolute Gasteiger partial charge is 0.497 e. The van der Waals surface area contributed by atoms with Crippen LogP contribution in [0.15, 0.2) is 23.4 Å². The van der Waals surface area contributed by atoms with E-state index in [1.807, 2.05) is 12.3 Å². The van der Waals surface area contributed by atoms with E-state index in [0.29, 0.717) is 28.0 Å². The van der Waals surface area contributed by atoms with E-state index in [-0.39, 0.29) is 5.95 Å². The van der Waals surface area contributed by atoms with Crippen LogP contribution in [-0.4, -0.2) is 35.4 Å². The molecule has 19 heavy (non-hydrogen) atoms. The normalized spacial score (nSPS) is 10.3. The van der Waals surface area contributed by atoms with Gasteiger partial charge in [0, 0.05) is 0 Å². The van der Waals surface area contributed by atoms with Crippen LogP contribution in [0.1, 0.15) is 0 Å². The van der Waals surface area contributed by atoms with Gasteiger partial charge in [-0.15, -0.1) is 0 Å². The summed E-state index contributed by atoms with van der Waals surface area (Å²) in [6.45, 7) is 0. The number of thioether (sulfide) groups is 1. The summed E-state index contributed by atoms with van der Waals surface area (Å²) in [7, 11) is 3.19. The summed E-state index contributed by atoms with van der Waals surface area (Å²) >= 11 is 1.40. The maximum Gasteiger partial charge on any atom is 0.224 e. The van der Waals surface area contributed by atoms with Gasteiger partial charge in [-0.1, -0.05) is 11.8 Å². The quantitative estimate of drug-likeness (QED) is 0.854.